The molecule has 0 atom stereocenters. The largest absolute Gasteiger partial charge is 0.306 e. The second-order valence-corrected chi connectivity index (χ2v) is 3.86. The third-order valence-corrected chi connectivity index (χ3v) is 2.62. The smallest absolute Gasteiger partial charge is 0.116 e. The second kappa shape index (κ2) is 4.57. The maximum atomic E-state index is 5.79. The Morgan fingerprint density at radius 3 is 2.79 bits per heavy atom. The van der Waals surface area contributed by atoms with Gasteiger partial charge < -0.3 is 4.90 Å². The topological polar surface area (TPSA) is 28.1 Å². The van der Waals surface area contributed by atoms with Crippen molar-refractivity contribution >= 4 is 6.34 Å². The summed E-state index contributed by atoms with van der Waals surface area (Å²) in [6.07, 6.45) is 8.14. The lowest BCUT2D eigenvalue weighted by Crippen LogP contribution is -2.38. The first-order valence-corrected chi connectivity index (χ1v) is 5.15. The first-order chi connectivity index (χ1) is 6.84. The Bertz CT molecular complexity index is 232. The highest BCUT2D eigenvalue weighted by Gasteiger charge is 2.19. The maximum Gasteiger partial charge on any atom is 0.116 e. The van der Waals surface area contributed by atoms with Gasteiger partial charge in [-0.1, -0.05) is 0 Å². The number of hydrogen-bond donors (Lipinski definition) is 0. The number of likely N-dealkylation sites (tertiary alicyclic amines) is 1. The summed E-state index contributed by atoms with van der Waals surface area (Å²) < 4.78 is 0. The average Bonchev–Trinajstić information content (AvgIpc) is 2.23. The van der Waals surface area contributed by atoms with Crippen molar-refractivity contribution in [1.82, 2.24) is 9.96 Å². The van der Waals surface area contributed by atoms with Crippen molar-refractivity contribution in [3.05, 3.63) is 12.3 Å². The lowest BCUT2D eigenvalue weighted by atomic mass is 10.1. The molecule has 0 N–H and O–H groups in total. The van der Waals surface area contributed by atoms with E-state index in [9.17, 15) is 0 Å². The van der Waals surface area contributed by atoms with E-state index >= 15 is 0 Å². The standard InChI is InChI=1S/C10H17N3O/c1-12-7-3-10(4-8-12)14-13-6-2-5-11-9-13/h2,5,9-10H,3-4,6-8H2,1H3. The molecule has 1 fully saturated rings. The van der Waals surface area contributed by atoms with Crippen molar-refractivity contribution in [3.8, 4) is 0 Å². The summed E-state index contributed by atoms with van der Waals surface area (Å²) in [5, 5.41) is 1.82. The first-order valence-electron chi connectivity index (χ1n) is 5.15. The molecule has 4 nitrogen and oxygen atoms in total. The first kappa shape index (κ1) is 9.68. The molecular formula is C10H17N3O. The van der Waals surface area contributed by atoms with Crippen molar-refractivity contribution in [2.75, 3.05) is 26.7 Å². The van der Waals surface area contributed by atoms with Crippen LogP contribution in [0.2, 0.25) is 0 Å². The van der Waals surface area contributed by atoms with Crippen LogP contribution >= 0.6 is 0 Å². The van der Waals surface area contributed by atoms with Gasteiger partial charge in [-0.05, 0) is 26.0 Å². The predicted molar refractivity (Wildman–Crippen MR) is 55.9 cm³/mol. The van der Waals surface area contributed by atoms with Gasteiger partial charge in [0.1, 0.15) is 6.34 Å². The fourth-order valence-electron chi connectivity index (χ4n) is 1.72. The number of nitrogens with zero attached hydrogens (tertiary/aromatic N) is 3. The molecule has 0 radical (unpaired) electrons. The quantitative estimate of drug-likeness (QED) is 0.654. The Balaban J connectivity index is 1.75. The molecule has 0 aromatic heterocycles. The molecule has 1 saturated heterocycles. The minimum atomic E-state index is 0.365. The molecule has 0 spiro atoms. The van der Waals surface area contributed by atoms with Gasteiger partial charge in [-0.15, -0.1) is 0 Å². The number of hydroxylamine groups is 2. The Morgan fingerprint density at radius 1 is 1.36 bits per heavy atom. The molecule has 14 heavy (non-hydrogen) atoms. The molecule has 0 unspecified atom stereocenters. The fraction of sp³-hybridized carbons (Fsp3) is 0.700. The summed E-state index contributed by atoms with van der Waals surface area (Å²) in [5.74, 6) is 0. The zero-order valence-electron chi connectivity index (χ0n) is 8.59. The van der Waals surface area contributed by atoms with E-state index < -0.39 is 0 Å². The van der Waals surface area contributed by atoms with Gasteiger partial charge in [0.25, 0.3) is 0 Å². The minimum Gasteiger partial charge on any atom is -0.306 e. The second-order valence-electron chi connectivity index (χ2n) is 3.86. The summed E-state index contributed by atoms with van der Waals surface area (Å²) in [6.45, 7) is 3.08. The molecular weight excluding hydrogens is 178 g/mol. The fourth-order valence-corrected chi connectivity index (χ4v) is 1.72. The lowest BCUT2D eigenvalue weighted by molar-refractivity contribution is -0.150. The van der Waals surface area contributed by atoms with E-state index in [4.69, 9.17) is 4.84 Å². The van der Waals surface area contributed by atoms with Gasteiger partial charge in [0.2, 0.25) is 0 Å². The Labute approximate surface area is 84.8 Å². The Morgan fingerprint density at radius 2 is 2.14 bits per heavy atom. The van der Waals surface area contributed by atoms with Gasteiger partial charge in [0.05, 0.1) is 12.6 Å². The third-order valence-electron chi connectivity index (χ3n) is 2.62. The van der Waals surface area contributed by atoms with Crippen molar-refractivity contribution in [2.45, 2.75) is 18.9 Å². The highest BCUT2D eigenvalue weighted by atomic mass is 16.7. The van der Waals surface area contributed by atoms with E-state index in [1.54, 1.807) is 12.5 Å². The maximum absolute atomic E-state index is 5.79. The van der Waals surface area contributed by atoms with E-state index in [0.717, 1.165) is 32.5 Å². The molecule has 0 amide bonds. The molecule has 0 saturated carbocycles. The molecule has 0 bridgehead atoms. The van der Waals surface area contributed by atoms with Crippen LogP contribution in [0.4, 0.5) is 0 Å². The van der Waals surface area contributed by atoms with Gasteiger partial charge in [0, 0.05) is 19.3 Å². The minimum absolute atomic E-state index is 0.365. The van der Waals surface area contributed by atoms with Crippen molar-refractivity contribution in [3.63, 3.8) is 0 Å². The predicted octanol–water partition coefficient (Wildman–Crippen LogP) is 0.870. The van der Waals surface area contributed by atoms with E-state index in [-0.39, 0.29) is 0 Å². The monoisotopic (exact) mass is 195 g/mol. The van der Waals surface area contributed by atoms with Crippen LogP contribution in [0.25, 0.3) is 0 Å². The molecule has 4 heteroatoms. The van der Waals surface area contributed by atoms with Crippen molar-refractivity contribution in [1.29, 1.82) is 0 Å². The summed E-state index contributed by atoms with van der Waals surface area (Å²) >= 11 is 0. The SMILES string of the molecule is CN1CCC(ON2C=NC=CC2)CC1. The van der Waals surface area contributed by atoms with Crippen LogP contribution in [0, 0.1) is 0 Å². The summed E-state index contributed by atoms with van der Waals surface area (Å²) in [6, 6.07) is 0. The average molecular weight is 195 g/mol. The summed E-state index contributed by atoms with van der Waals surface area (Å²) in [5.41, 5.74) is 0. The van der Waals surface area contributed by atoms with E-state index in [1.807, 2.05) is 11.1 Å². The highest BCUT2D eigenvalue weighted by molar-refractivity contribution is 5.55. The van der Waals surface area contributed by atoms with E-state index in [0.29, 0.717) is 6.10 Å². The third kappa shape index (κ3) is 2.56. The zero-order valence-corrected chi connectivity index (χ0v) is 8.59. The van der Waals surface area contributed by atoms with E-state index in [2.05, 4.69) is 16.9 Å². The van der Waals surface area contributed by atoms with Gasteiger partial charge in [0.15, 0.2) is 0 Å². The lowest BCUT2D eigenvalue weighted by Gasteiger charge is -2.31. The Hall–Kier alpha value is -0.870. The number of rotatable bonds is 2. The van der Waals surface area contributed by atoms with Gasteiger partial charge in [-0.25, -0.2) is 10.1 Å². The van der Waals surface area contributed by atoms with E-state index in [1.165, 1.54) is 0 Å². The van der Waals surface area contributed by atoms with Crippen LogP contribution in [0.15, 0.2) is 17.3 Å². The summed E-state index contributed by atoms with van der Waals surface area (Å²) in [7, 11) is 2.15. The molecule has 78 valence electrons. The van der Waals surface area contributed by atoms with Crippen LogP contribution in [-0.4, -0.2) is 49.1 Å². The number of hydrogen-bond acceptors (Lipinski definition) is 4. The molecule has 0 aromatic carbocycles. The van der Waals surface area contributed by atoms with Crippen LogP contribution in [0.3, 0.4) is 0 Å². The zero-order chi connectivity index (χ0) is 9.80. The number of piperidine rings is 1. The highest BCUT2D eigenvalue weighted by Crippen LogP contribution is 2.13. The molecule has 0 aliphatic carbocycles. The molecule has 0 aromatic rings. The number of aliphatic imine (C=N–C) groups is 1. The van der Waals surface area contributed by atoms with Gasteiger partial charge >= 0.3 is 0 Å². The van der Waals surface area contributed by atoms with Crippen LogP contribution in [0.1, 0.15) is 12.8 Å². The molecule has 2 aliphatic rings. The van der Waals surface area contributed by atoms with Gasteiger partial charge in [-0.3, -0.25) is 4.84 Å². The normalized spacial score (nSPS) is 24.5. The van der Waals surface area contributed by atoms with Crippen LogP contribution in [0.5, 0.6) is 0 Å². The van der Waals surface area contributed by atoms with Crippen molar-refractivity contribution < 1.29 is 4.84 Å². The van der Waals surface area contributed by atoms with Crippen molar-refractivity contribution in [2.24, 2.45) is 4.99 Å². The van der Waals surface area contributed by atoms with Crippen LogP contribution in [-0.2, 0) is 4.84 Å². The summed E-state index contributed by atoms with van der Waals surface area (Å²) in [4.78, 5) is 12.1. The molecule has 2 heterocycles. The molecule has 2 rings (SSSR count). The van der Waals surface area contributed by atoms with Crippen LogP contribution < -0.4 is 0 Å². The van der Waals surface area contributed by atoms with Gasteiger partial charge in [-0.2, -0.15) is 0 Å². The Kier molecular flexibility index (Phi) is 3.16. The molecule has 2 aliphatic heterocycles.